The monoisotopic (exact) mass is 433 g/mol. The Balaban J connectivity index is 1.28. The van der Waals surface area contributed by atoms with Crippen LogP contribution in [0.15, 0.2) is 48.5 Å². The second-order valence-corrected chi connectivity index (χ2v) is 8.95. The summed E-state index contributed by atoms with van der Waals surface area (Å²) < 4.78 is 0. The molecule has 4 rings (SSSR count). The zero-order valence-corrected chi connectivity index (χ0v) is 19.3. The molecule has 0 N–H and O–H groups in total. The molecule has 1 fully saturated rings. The van der Waals surface area contributed by atoms with Crippen molar-refractivity contribution in [2.45, 2.75) is 52.0 Å². The number of amides is 1. The summed E-state index contributed by atoms with van der Waals surface area (Å²) in [7, 11) is 0. The number of carbonyl (C=O) groups excluding carboxylic acids is 2. The Morgan fingerprint density at radius 2 is 1.69 bits per heavy atom. The molecule has 0 unspecified atom stereocenters. The van der Waals surface area contributed by atoms with Crippen LogP contribution in [0.5, 0.6) is 0 Å². The van der Waals surface area contributed by atoms with Gasteiger partial charge in [0, 0.05) is 31.9 Å². The molecule has 0 aliphatic carbocycles. The topological polar surface area (TPSA) is 43.9 Å². The van der Waals surface area contributed by atoms with Crippen LogP contribution >= 0.6 is 0 Å². The molecule has 2 heterocycles. The number of piperidine rings is 1. The summed E-state index contributed by atoms with van der Waals surface area (Å²) in [6, 6.07) is 16.6. The summed E-state index contributed by atoms with van der Waals surface area (Å²) in [5, 5.41) is 0. The Labute approximate surface area is 192 Å². The average Bonchev–Trinajstić information content (AvgIpc) is 3.08. The molecule has 2 aromatic carbocycles. The summed E-state index contributed by atoms with van der Waals surface area (Å²) in [6.07, 6.45) is 6.71. The van der Waals surface area contributed by atoms with E-state index < -0.39 is 0 Å². The zero-order valence-electron chi connectivity index (χ0n) is 19.3. The fraction of sp³-hybridized carbons (Fsp3) is 0.481. The molecule has 170 valence electrons. The maximum atomic E-state index is 12.6. The van der Waals surface area contributed by atoms with Gasteiger partial charge < -0.3 is 9.80 Å². The van der Waals surface area contributed by atoms with E-state index in [2.05, 4.69) is 53.1 Å². The van der Waals surface area contributed by atoms with Crippen molar-refractivity contribution >= 4 is 23.1 Å². The largest absolute Gasteiger partial charge is 0.372 e. The van der Waals surface area contributed by atoms with Crippen LogP contribution < -0.4 is 9.80 Å². The lowest BCUT2D eigenvalue weighted by Gasteiger charge is -2.29. The number of nitrogens with zero attached hydrogens (tertiary/aromatic N) is 3. The van der Waals surface area contributed by atoms with Gasteiger partial charge in [-0.2, -0.15) is 0 Å². The number of hydrogen-bond acceptors (Lipinski definition) is 4. The lowest BCUT2D eigenvalue weighted by Crippen LogP contribution is -2.30. The summed E-state index contributed by atoms with van der Waals surface area (Å²) in [6.45, 7) is 7.93. The number of Topliss-reactive ketones (excluding diaryl/α,β-unsaturated/α-hetero) is 1. The minimum Gasteiger partial charge on any atom is -0.372 e. The number of unbranched alkanes of at least 4 members (excludes halogenated alkanes) is 2. The minimum atomic E-state index is -0.366. The third kappa shape index (κ3) is 5.21. The Hall–Kier alpha value is -2.66. The molecule has 0 radical (unpaired) electrons. The van der Waals surface area contributed by atoms with Gasteiger partial charge in [-0.15, -0.1) is 0 Å². The van der Waals surface area contributed by atoms with E-state index in [1.165, 1.54) is 24.8 Å². The van der Waals surface area contributed by atoms with Crippen molar-refractivity contribution in [1.29, 1.82) is 0 Å². The summed E-state index contributed by atoms with van der Waals surface area (Å²) in [4.78, 5) is 31.7. The van der Waals surface area contributed by atoms with E-state index in [1.54, 1.807) is 4.90 Å². The highest BCUT2D eigenvalue weighted by molar-refractivity contribution is 6.52. The van der Waals surface area contributed by atoms with E-state index in [-0.39, 0.29) is 11.7 Å². The molecular weight excluding hydrogens is 398 g/mol. The van der Waals surface area contributed by atoms with E-state index in [0.717, 1.165) is 63.4 Å². The maximum Gasteiger partial charge on any atom is 0.299 e. The molecule has 1 saturated heterocycles. The van der Waals surface area contributed by atoms with Crippen molar-refractivity contribution in [3.05, 3.63) is 59.7 Å². The predicted molar refractivity (Wildman–Crippen MR) is 130 cm³/mol. The molecule has 2 aromatic rings. The highest BCUT2D eigenvalue weighted by atomic mass is 16.2. The van der Waals surface area contributed by atoms with E-state index >= 15 is 0 Å². The van der Waals surface area contributed by atoms with Gasteiger partial charge in [-0.25, -0.2) is 0 Å². The first kappa shape index (κ1) is 22.5. The summed E-state index contributed by atoms with van der Waals surface area (Å²) in [5.41, 5.74) is 3.79. The smallest absolute Gasteiger partial charge is 0.299 e. The standard InChI is InChI=1S/C27H35N3O2/c1-2-28(21-22-12-6-3-7-13-22)16-8-4-11-19-30-25-15-14-23(29-17-9-5-10-18-29)20-24(25)26(31)27(30)32/h3,6-7,12-15,20H,2,4-5,8-11,16-19,21H2,1H3. The number of ketones is 1. The molecule has 0 atom stereocenters. The Kier molecular flexibility index (Phi) is 7.59. The number of hydrogen-bond donors (Lipinski definition) is 0. The van der Waals surface area contributed by atoms with Crippen molar-refractivity contribution in [3.63, 3.8) is 0 Å². The van der Waals surface area contributed by atoms with Crippen LogP contribution in [0.4, 0.5) is 11.4 Å². The van der Waals surface area contributed by atoms with Crippen molar-refractivity contribution in [1.82, 2.24) is 4.90 Å². The first-order chi connectivity index (χ1) is 15.7. The molecule has 2 aliphatic heterocycles. The molecule has 2 aliphatic rings. The van der Waals surface area contributed by atoms with Gasteiger partial charge in [0.25, 0.3) is 11.7 Å². The first-order valence-corrected chi connectivity index (χ1v) is 12.2. The van der Waals surface area contributed by atoms with E-state index in [9.17, 15) is 9.59 Å². The molecule has 0 spiro atoms. The first-order valence-electron chi connectivity index (χ1n) is 12.2. The van der Waals surface area contributed by atoms with Crippen molar-refractivity contribution in [2.24, 2.45) is 0 Å². The summed E-state index contributed by atoms with van der Waals surface area (Å²) >= 11 is 0. The van der Waals surface area contributed by atoms with Crippen LogP contribution in [0.25, 0.3) is 0 Å². The van der Waals surface area contributed by atoms with Gasteiger partial charge in [0.05, 0.1) is 11.3 Å². The van der Waals surface area contributed by atoms with E-state index in [1.807, 2.05) is 12.1 Å². The molecule has 5 nitrogen and oxygen atoms in total. The van der Waals surface area contributed by atoms with E-state index in [4.69, 9.17) is 0 Å². The van der Waals surface area contributed by atoms with Gasteiger partial charge in [-0.1, -0.05) is 43.7 Å². The van der Waals surface area contributed by atoms with Crippen LogP contribution in [0, 0.1) is 0 Å². The van der Waals surface area contributed by atoms with E-state index in [0.29, 0.717) is 12.1 Å². The third-order valence-electron chi connectivity index (χ3n) is 6.73. The second kappa shape index (κ2) is 10.8. The maximum absolute atomic E-state index is 12.6. The lowest BCUT2D eigenvalue weighted by atomic mass is 10.1. The van der Waals surface area contributed by atoms with Gasteiger partial charge >= 0.3 is 0 Å². The van der Waals surface area contributed by atoms with Gasteiger partial charge in [-0.3, -0.25) is 14.5 Å². The average molecular weight is 434 g/mol. The number of anilines is 2. The quantitative estimate of drug-likeness (QED) is 0.395. The molecule has 0 aromatic heterocycles. The van der Waals surface area contributed by atoms with Gasteiger partial charge in [0.1, 0.15) is 0 Å². The highest BCUT2D eigenvalue weighted by Crippen LogP contribution is 2.33. The number of carbonyl (C=O) groups is 2. The van der Waals surface area contributed by atoms with Gasteiger partial charge in [0.15, 0.2) is 0 Å². The van der Waals surface area contributed by atoms with Crippen molar-refractivity contribution < 1.29 is 9.59 Å². The second-order valence-electron chi connectivity index (χ2n) is 8.95. The van der Waals surface area contributed by atoms with Crippen LogP contribution in [0.1, 0.15) is 61.4 Å². The Morgan fingerprint density at radius 1 is 0.906 bits per heavy atom. The summed E-state index contributed by atoms with van der Waals surface area (Å²) in [5.74, 6) is -0.714. The van der Waals surface area contributed by atoms with Gasteiger partial charge in [0.2, 0.25) is 0 Å². The Bertz CT molecular complexity index is 922. The molecule has 32 heavy (non-hydrogen) atoms. The van der Waals surface area contributed by atoms with Gasteiger partial charge in [-0.05, 0) is 69.0 Å². The Morgan fingerprint density at radius 3 is 2.44 bits per heavy atom. The molecule has 1 amide bonds. The highest BCUT2D eigenvalue weighted by Gasteiger charge is 2.35. The fourth-order valence-corrected chi connectivity index (χ4v) is 4.83. The molecule has 0 bridgehead atoms. The van der Waals surface area contributed by atoms with Crippen LogP contribution in [0.3, 0.4) is 0 Å². The predicted octanol–water partition coefficient (Wildman–Crippen LogP) is 4.90. The fourth-order valence-electron chi connectivity index (χ4n) is 4.83. The zero-order chi connectivity index (χ0) is 22.3. The number of rotatable bonds is 10. The van der Waals surface area contributed by atoms with Crippen molar-refractivity contribution in [3.8, 4) is 0 Å². The number of benzene rings is 2. The number of fused-ring (bicyclic) bond motifs is 1. The molecular formula is C27H35N3O2. The van der Waals surface area contributed by atoms with Crippen LogP contribution in [-0.4, -0.2) is 49.3 Å². The molecule has 0 saturated carbocycles. The third-order valence-corrected chi connectivity index (χ3v) is 6.73. The van der Waals surface area contributed by atoms with Crippen LogP contribution in [0.2, 0.25) is 0 Å². The normalized spacial score (nSPS) is 16.2. The lowest BCUT2D eigenvalue weighted by molar-refractivity contribution is -0.114. The molecule has 5 heteroatoms. The SMILES string of the molecule is CCN(CCCCCN1C(=O)C(=O)c2cc(N3CCCCC3)ccc21)Cc1ccccc1. The van der Waals surface area contributed by atoms with Crippen LogP contribution in [-0.2, 0) is 11.3 Å². The van der Waals surface area contributed by atoms with Crippen molar-refractivity contribution in [2.75, 3.05) is 42.5 Å². The minimum absolute atomic E-state index is 0.348.